The van der Waals surface area contributed by atoms with Crippen LogP contribution in [0.15, 0.2) is 217 Å². The predicted molar refractivity (Wildman–Crippen MR) is 228 cm³/mol. The maximum Gasteiger partial charge on any atom is 0.135 e. The first-order valence-corrected chi connectivity index (χ1v) is 18.4. The first-order valence-electron chi connectivity index (χ1n) is 18.4. The van der Waals surface area contributed by atoms with Crippen LogP contribution >= 0.6 is 0 Å². The number of benzene rings is 9. The molecule has 0 saturated carbocycles. The van der Waals surface area contributed by atoms with Crippen molar-refractivity contribution in [1.82, 2.24) is 0 Å². The third-order valence-electron chi connectivity index (χ3n) is 10.5. The van der Waals surface area contributed by atoms with Crippen molar-refractivity contribution >= 4 is 49.8 Å². The van der Waals surface area contributed by atoms with E-state index in [1.807, 2.05) is 12.1 Å². The van der Waals surface area contributed by atoms with E-state index in [-0.39, 0.29) is 0 Å². The summed E-state index contributed by atoms with van der Waals surface area (Å²) >= 11 is 0. The highest BCUT2D eigenvalue weighted by Crippen LogP contribution is 2.49. The molecule has 0 N–H and O–H groups in total. The van der Waals surface area contributed by atoms with E-state index in [1.165, 1.54) is 44.2 Å². The van der Waals surface area contributed by atoms with Crippen LogP contribution in [-0.2, 0) is 0 Å². The molecule has 0 amide bonds. The Hall–Kier alpha value is -7.16. The fourth-order valence-electron chi connectivity index (χ4n) is 8.06. The minimum Gasteiger partial charge on any atom is -0.456 e. The molecule has 2 heteroatoms. The predicted octanol–water partition coefficient (Wildman–Crippen LogP) is 14.9. The van der Waals surface area contributed by atoms with Crippen LogP contribution in [0.1, 0.15) is 0 Å². The van der Waals surface area contributed by atoms with Crippen LogP contribution in [-0.4, -0.2) is 0 Å². The number of hydrogen-bond acceptors (Lipinski definition) is 2. The molecule has 0 aliphatic heterocycles. The summed E-state index contributed by atoms with van der Waals surface area (Å²) in [6.45, 7) is 0. The van der Waals surface area contributed by atoms with Gasteiger partial charge in [0.25, 0.3) is 0 Å². The normalized spacial score (nSPS) is 11.3. The third kappa shape index (κ3) is 5.44. The Morgan fingerprint density at radius 3 is 1.67 bits per heavy atom. The van der Waals surface area contributed by atoms with Crippen LogP contribution in [0.25, 0.3) is 77.2 Å². The fourth-order valence-corrected chi connectivity index (χ4v) is 8.06. The van der Waals surface area contributed by atoms with Crippen molar-refractivity contribution in [3.8, 4) is 44.5 Å². The Morgan fingerprint density at radius 2 is 0.852 bits per heavy atom. The van der Waals surface area contributed by atoms with Crippen LogP contribution in [0.3, 0.4) is 0 Å². The average Bonchev–Trinajstić information content (AvgIpc) is 3.62. The molecule has 0 bridgehead atoms. The molecule has 10 rings (SSSR count). The molecule has 0 aliphatic carbocycles. The van der Waals surface area contributed by atoms with Crippen molar-refractivity contribution in [3.63, 3.8) is 0 Å². The highest BCUT2D eigenvalue weighted by atomic mass is 16.3. The van der Waals surface area contributed by atoms with E-state index in [0.29, 0.717) is 0 Å². The maximum absolute atomic E-state index is 6.31. The third-order valence-corrected chi connectivity index (χ3v) is 10.5. The minimum atomic E-state index is 0.876. The largest absolute Gasteiger partial charge is 0.456 e. The van der Waals surface area contributed by atoms with Crippen molar-refractivity contribution in [2.45, 2.75) is 0 Å². The van der Waals surface area contributed by atoms with Gasteiger partial charge < -0.3 is 9.32 Å². The van der Waals surface area contributed by atoms with Gasteiger partial charge in [0.05, 0.1) is 11.4 Å². The van der Waals surface area contributed by atoms with E-state index in [9.17, 15) is 0 Å². The van der Waals surface area contributed by atoms with Gasteiger partial charge in [-0.25, -0.2) is 0 Å². The quantitative estimate of drug-likeness (QED) is 0.166. The van der Waals surface area contributed by atoms with Crippen molar-refractivity contribution < 1.29 is 4.42 Å². The first kappa shape index (κ1) is 31.6. The molecule has 0 spiro atoms. The minimum absolute atomic E-state index is 0.876. The van der Waals surface area contributed by atoms with Crippen LogP contribution in [0.5, 0.6) is 0 Å². The van der Waals surface area contributed by atoms with Gasteiger partial charge in [0.2, 0.25) is 0 Å². The van der Waals surface area contributed by atoms with E-state index in [2.05, 4.69) is 205 Å². The number of rotatable bonds is 7. The van der Waals surface area contributed by atoms with Crippen molar-refractivity contribution in [1.29, 1.82) is 0 Å². The number of furan rings is 1. The lowest BCUT2D eigenvalue weighted by Gasteiger charge is -2.30. The van der Waals surface area contributed by atoms with Gasteiger partial charge in [0.1, 0.15) is 11.2 Å². The van der Waals surface area contributed by atoms with Gasteiger partial charge in [-0.1, -0.05) is 176 Å². The number of fused-ring (bicyclic) bond motifs is 4. The zero-order chi connectivity index (χ0) is 35.8. The van der Waals surface area contributed by atoms with E-state index in [4.69, 9.17) is 4.42 Å². The Labute approximate surface area is 314 Å². The Bertz CT molecular complexity index is 2940. The highest BCUT2D eigenvalue weighted by Gasteiger charge is 2.24. The summed E-state index contributed by atoms with van der Waals surface area (Å²) in [4.78, 5) is 2.43. The van der Waals surface area contributed by atoms with Crippen molar-refractivity contribution in [3.05, 3.63) is 212 Å². The van der Waals surface area contributed by atoms with Crippen molar-refractivity contribution in [2.75, 3.05) is 4.90 Å². The zero-order valence-corrected chi connectivity index (χ0v) is 29.6. The second-order valence-corrected chi connectivity index (χ2v) is 13.6. The molecule has 0 fully saturated rings. The summed E-state index contributed by atoms with van der Waals surface area (Å²) in [5.74, 6) is 0. The number of anilines is 3. The van der Waals surface area contributed by atoms with Gasteiger partial charge in [-0.15, -0.1) is 0 Å². The molecule has 54 heavy (non-hydrogen) atoms. The van der Waals surface area contributed by atoms with Gasteiger partial charge in [0.15, 0.2) is 0 Å². The Balaban J connectivity index is 1.28. The number of para-hydroxylation sites is 2. The second kappa shape index (κ2) is 13.4. The lowest BCUT2D eigenvalue weighted by molar-refractivity contribution is 0.669. The van der Waals surface area contributed by atoms with Gasteiger partial charge in [-0.2, -0.15) is 0 Å². The number of nitrogens with zero attached hydrogens (tertiary/aromatic N) is 1. The molecule has 9 aromatic carbocycles. The average molecular weight is 690 g/mol. The maximum atomic E-state index is 6.31. The smallest absolute Gasteiger partial charge is 0.135 e. The van der Waals surface area contributed by atoms with Crippen LogP contribution in [0.2, 0.25) is 0 Å². The molecule has 2 nitrogen and oxygen atoms in total. The lowest BCUT2D eigenvalue weighted by Crippen LogP contribution is -2.12. The summed E-state index contributed by atoms with van der Waals surface area (Å²) in [6.07, 6.45) is 0. The summed E-state index contributed by atoms with van der Waals surface area (Å²) in [5, 5.41) is 4.57. The molecule has 0 aliphatic rings. The van der Waals surface area contributed by atoms with E-state index in [1.54, 1.807) is 0 Å². The van der Waals surface area contributed by atoms with Crippen LogP contribution in [0.4, 0.5) is 17.1 Å². The molecule has 0 saturated heterocycles. The zero-order valence-electron chi connectivity index (χ0n) is 29.6. The van der Waals surface area contributed by atoms with Crippen molar-refractivity contribution in [2.24, 2.45) is 0 Å². The topological polar surface area (TPSA) is 16.4 Å². The summed E-state index contributed by atoms with van der Waals surface area (Å²) in [6, 6.07) is 76.1. The van der Waals surface area contributed by atoms with Crippen LogP contribution < -0.4 is 4.90 Å². The van der Waals surface area contributed by atoms with E-state index in [0.717, 1.165) is 50.1 Å². The van der Waals surface area contributed by atoms with E-state index < -0.39 is 0 Å². The second-order valence-electron chi connectivity index (χ2n) is 13.6. The molecule has 0 unspecified atom stereocenters. The molecule has 0 atom stereocenters. The Morgan fingerprint density at radius 1 is 0.315 bits per heavy atom. The SMILES string of the molecule is c1ccc(-c2ccccc2-c2c(-c3ccccc3)cccc2-c2ccccc2N(c2ccc3oc4ccccc4c3c2)c2cccc3ccccc23)cc1. The molecule has 10 aromatic rings. The number of hydrogen-bond donors (Lipinski definition) is 0. The van der Waals surface area contributed by atoms with Gasteiger partial charge in [-0.3, -0.25) is 0 Å². The summed E-state index contributed by atoms with van der Waals surface area (Å²) in [7, 11) is 0. The van der Waals surface area contributed by atoms with Gasteiger partial charge in [0, 0.05) is 27.4 Å². The van der Waals surface area contributed by atoms with E-state index >= 15 is 0 Å². The molecular weight excluding hydrogens is 655 g/mol. The Kier molecular flexibility index (Phi) is 7.85. The molecule has 1 aromatic heterocycles. The highest BCUT2D eigenvalue weighted by molar-refractivity contribution is 6.09. The summed E-state index contributed by atoms with van der Waals surface area (Å²) in [5.41, 5.74) is 14.5. The monoisotopic (exact) mass is 689 g/mol. The molecule has 254 valence electrons. The first-order chi connectivity index (χ1) is 26.8. The molecule has 0 radical (unpaired) electrons. The molecule has 1 heterocycles. The fraction of sp³-hybridized carbons (Fsp3) is 0. The van der Waals surface area contributed by atoms with Gasteiger partial charge >= 0.3 is 0 Å². The summed E-state index contributed by atoms with van der Waals surface area (Å²) < 4.78 is 6.31. The van der Waals surface area contributed by atoms with Crippen LogP contribution in [0, 0.1) is 0 Å². The lowest BCUT2D eigenvalue weighted by atomic mass is 9.84. The molecular formula is C52H35NO. The van der Waals surface area contributed by atoms with Gasteiger partial charge in [-0.05, 0) is 80.7 Å². The standard InChI is InChI=1S/C52H35NO/c1-3-17-36(18-4-1)40-23-9-10-27-45(40)52-42(38-19-5-2-6-20-38)28-16-29-46(52)43-25-11-13-30-49(43)53(48-31-15-22-37-21-7-8-24-41(37)48)39-33-34-51-47(35-39)44-26-12-14-32-50(44)54-51/h1-35H.